The van der Waals surface area contributed by atoms with Crippen molar-refractivity contribution in [2.24, 2.45) is 4.99 Å². The molecule has 1 aliphatic rings. The van der Waals surface area contributed by atoms with Crippen LogP contribution in [0.2, 0.25) is 0 Å². The molecule has 0 bridgehead atoms. The van der Waals surface area contributed by atoms with Gasteiger partial charge in [0.1, 0.15) is 6.54 Å². The molecule has 5 heteroatoms. The van der Waals surface area contributed by atoms with Crippen molar-refractivity contribution in [1.82, 2.24) is 0 Å². The molecule has 1 amide bonds. The lowest BCUT2D eigenvalue weighted by Crippen LogP contribution is -2.28. The summed E-state index contributed by atoms with van der Waals surface area (Å²) in [5, 5.41) is 0. The Balaban J connectivity index is 2.24. The van der Waals surface area contributed by atoms with E-state index < -0.39 is 5.92 Å². The highest BCUT2D eigenvalue weighted by molar-refractivity contribution is 6.19. The number of aliphatic imine (C=N–C) groups is 1. The third-order valence-electron chi connectivity index (χ3n) is 3.91. The van der Waals surface area contributed by atoms with Crippen LogP contribution in [0.25, 0.3) is 0 Å². The summed E-state index contributed by atoms with van der Waals surface area (Å²) in [6, 6.07) is 13.6. The maximum atomic E-state index is 13.7. The highest BCUT2D eigenvalue weighted by Crippen LogP contribution is 2.33. The Morgan fingerprint density at radius 2 is 1.83 bits per heavy atom. The third-order valence-corrected chi connectivity index (χ3v) is 3.91. The number of fused-ring (bicyclic) bond motifs is 1. The standard InChI is InChI=1S/C18H16F2N2O/c1-18(19,20)13-8-9-15-14(10-13)17(12-6-4-3-5-7-12)21-11-16(23)22(15)2/h3-10H,11H2,1-2H3. The summed E-state index contributed by atoms with van der Waals surface area (Å²) in [6.07, 6.45) is 0. The Hall–Kier alpha value is -2.56. The molecule has 0 fully saturated rings. The van der Waals surface area contributed by atoms with Crippen molar-refractivity contribution in [1.29, 1.82) is 0 Å². The number of halogens is 2. The molecule has 3 nitrogen and oxygen atoms in total. The summed E-state index contributed by atoms with van der Waals surface area (Å²) in [7, 11) is 1.63. The maximum Gasteiger partial charge on any atom is 0.270 e. The van der Waals surface area contributed by atoms with Crippen LogP contribution < -0.4 is 4.90 Å². The zero-order valence-corrected chi connectivity index (χ0v) is 12.9. The fourth-order valence-electron chi connectivity index (χ4n) is 2.61. The number of amides is 1. The molecule has 0 spiro atoms. The highest BCUT2D eigenvalue weighted by Gasteiger charge is 2.28. The molecule has 1 aliphatic heterocycles. The number of rotatable bonds is 2. The molecule has 1 heterocycles. The van der Waals surface area contributed by atoms with Gasteiger partial charge in [0, 0.05) is 30.7 Å². The molecule has 0 N–H and O–H groups in total. The Morgan fingerprint density at radius 3 is 2.48 bits per heavy atom. The van der Waals surface area contributed by atoms with E-state index in [0.717, 1.165) is 12.5 Å². The zero-order chi connectivity index (χ0) is 16.6. The zero-order valence-electron chi connectivity index (χ0n) is 12.9. The largest absolute Gasteiger partial charge is 0.313 e. The van der Waals surface area contributed by atoms with Crippen molar-refractivity contribution in [3.8, 4) is 0 Å². The van der Waals surface area contributed by atoms with Gasteiger partial charge in [-0.05, 0) is 12.1 Å². The lowest BCUT2D eigenvalue weighted by molar-refractivity contribution is -0.116. The summed E-state index contributed by atoms with van der Waals surface area (Å²) in [5.41, 5.74) is 2.40. The second-order valence-corrected chi connectivity index (χ2v) is 5.60. The van der Waals surface area contributed by atoms with Crippen molar-refractivity contribution in [3.05, 3.63) is 65.2 Å². The molecule has 0 atom stereocenters. The van der Waals surface area contributed by atoms with Crippen LogP contribution in [0, 0.1) is 0 Å². The Bertz CT molecular complexity index is 779. The van der Waals surface area contributed by atoms with Gasteiger partial charge in [-0.3, -0.25) is 9.79 Å². The first kappa shape index (κ1) is 15.3. The average molecular weight is 314 g/mol. The number of hydrogen-bond acceptors (Lipinski definition) is 2. The number of alkyl halides is 2. The van der Waals surface area contributed by atoms with Crippen LogP contribution in [0.4, 0.5) is 14.5 Å². The summed E-state index contributed by atoms with van der Waals surface area (Å²) in [5.74, 6) is -3.13. The fraction of sp³-hybridized carbons (Fsp3) is 0.222. The minimum atomic E-state index is -2.95. The van der Waals surface area contributed by atoms with Crippen molar-refractivity contribution < 1.29 is 13.6 Å². The molecule has 0 aromatic heterocycles. The van der Waals surface area contributed by atoms with Crippen molar-refractivity contribution in [3.63, 3.8) is 0 Å². The Kier molecular flexibility index (Phi) is 3.72. The van der Waals surface area contributed by atoms with E-state index >= 15 is 0 Å². The van der Waals surface area contributed by atoms with Gasteiger partial charge in [-0.1, -0.05) is 36.4 Å². The van der Waals surface area contributed by atoms with Crippen LogP contribution in [0.5, 0.6) is 0 Å². The SMILES string of the molecule is CN1C(=O)CN=C(c2ccccc2)c2cc(C(C)(F)F)ccc21. The number of benzene rings is 2. The van der Waals surface area contributed by atoms with Crippen LogP contribution in [0.15, 0.2) is 53.5 Å². The first-order chi connectivity index (χ1) is 10.9. The van der Waals surface area contributed by atoms with E-state index in [9.17, 15) is 13.6 Å². The smallest absolute Gasteiger partial charge is 0.270 e. The monoisotopic (exact) mass is 314 g/mol. The number of nitrogens with zero attached hydrogens (tertiary/aromatic N) is 2. The van der Waals surface area contributed by atoms with E-state index in [0.29, 0.717) is 17.0 Å². The molecule has 2 aromatic rings. The van der Waals surface area contributed by atoms with Gasteiger partial charge in [-0.2, -0.15) is 0 Å². The second-order valence-electron chi connectivity index (χ2n) is 5.60. The summed E-state index contributed by atoms with van der Waals surface area (Å²) in [4.78, 5) is 17.9. The van der Waals surface area contributed by atoms with Gasteiger partial charge in [-0.15, -0.1) is 0 Å². The molecule has 0 aliphatic carbocycles. The van der Waals surface area contributed by atoms with E-state index in [4.69, 9.17) is 0 Å². The maximum absolute atomic E-state index is 13.7. The van der Waals surface area contributed by atoms with Crippen LogP contribution in [0.3, 0.4) is 0 Å². The van der Waals surface area contributed by atoms with Crippen molar-refractivity contribution in [2.45, 2.75) is 12.8 Å². The number of carbonyl (C=O) groups excluding carboxylic acids is 1. The molecule has 0 saturated carbocycles. The minimum absolute atomic E-state index is 0.00669. The normalized spacial score (nSPS) is 15.0. The van der Waals surface area contributed by atoms with Crippen LogP contribution in [-0.2, 0) is 10.7 Å². The summed E-state index contributed by atoms with van der Waals surface area (Å²) >= 11 is 0. The van der Waals surface area contributed by atoms with Crippen LogP contribution in [-0.4, -0.2) is 25.2 Å². The lowest BCUT2D eigenvalue weighted by Gasteiger charge is -2.20. The molecule has 23 heavy (non-hydrogen) atoms. The number of benzodiazepines with no additional fused rings is 1. The topological polar surface area (TPSA) is 32.7 Å². The van der Waals surface area contributed by atoms with Gasteiger partial charge in [0.2, 0.25) is 5.91 Å². The quantitative estimate of drug-likeness (QED) is 0.833. The van der Waals surface area contributed by atoms with Crippen molar-refractivity contribution in [2.75, 3.05) is 18.5 Å². The van der Waals surface area contributed by atoms with E-state index in [-0.39, 0.29) is 18.0 Å². The van der Waals surface area contributed by atoms with Gasteiger partial charge in [0.05, 0.1) is 11.4 Å². The molecule has 0 radical (unpaired) electrons. The number of carbonyl (C=O) groups is 1. The molecular weight excluding hydrogens is 298 g/mol. The predicted octanol–water partition coefficient (Wildman–Crippen LogP) is 3.61. The van der Waals surface area contributed by atoms with E-state index in [1.54, 1.807) is 13.1 Å². The van der Waals surface area contributed by atoms with E-state index in [2.05, 4.69) is 4.99 Å². The highest BCUT2D eigenvalue weighted by atomic mass is 19.3. The summed E-state index contributed by atoms with van der Waals surface area (Å²) < 4.78 is 27.4. The Labute approximate surface area is 133 Å². The molecular formula is C18H16F2N2O. The Morgan fingerprint density at radius 1 is 1.13 bits per heavy atom. The number of hydrogen-bond donors (Lipinski definition) is 0. The van der Waals surface area contributed by atoms with Gasteiger partial charge in [0.25, 0.3) is 5.92 Å². The van der Waals surface area contributed by atoms with Gasteiger partial charge >= 0.3 is 0 Å². The molecule has 3 rings (SSSR count). The lowest BCUT2D eigenvalue weighted by atomic mass is 9.96. The first-order valence-electron chi connectivity index (χ1n) is 7.27. The second kappa shape index (κ2) is 5.57. The number of likely N-dealkylation sites (N-methyl/N-ethyl adjacent to an activating group) is 1. The van der Waals surface area contributed by atoms with Crippen molar-refractivity contribution >= 4 is 17.3 Å². The molecule has 0 unspecified atom stereocenters. The predicted molar refractivity (Wildman–Crippen MR) is 86.4 cm³/mol. The molecule has 118 valence electrons. The van der Waals surface area contributed by atoms with E-state index in [1.165, 1.54) is 17.0 Å². The third kappa shape index (κ3) is 2.86. The fourth-order valence-corrected chi connectivity index (χ4v) is 2.61. The van der Waals surface area contributed by atoms with Crippen LogP contribution >= 0.6 is 0 Å². The average Bonchev–Trinajstić information content (AvgIpc) is 2.65. The number of anilines is 1. The van der Waals surface area contributed by atoms with Crippen LogP contribution in [0.1, 0.15) is 23.6 Å². The van der Waals surface area contributed by atoms with E-state index in [1.807, 2.05) is 30.3 Å². The van der Waals surface area contributed by atoms with Gasteiger partial charge in [-0.25, -0.2) is 8.78 Å². The van der Waals surface area contributed by atoms with Gasteiger partial charge in [0.15, 0.2) is 0 Å². The van der Waals surface area contributed by atoms with Gasteiger partial charge < -0.3 is 4.90 Å². The summed E-state index contributed by atoms with van der Waals surface area (Å²) in [6.45, 7) is 0.854. The minimum Gasteiger partial charge on any atom is -0.313 e. The molecule has 0 saturated heterocycles. The molecule has 2 aromatic carbocycles. The first-order valence-corrected chi connectivity index (χ1v) is 7.27.